The van der Waals surface area contributed by atoms with E-state index in [-0.39, 0.29) is 29.0 Å². The maximum atomic E-state index is 12.4. The number of hydrazone groups is 1. The van der Waals surface area contributed by atoms with Crippen LogP contribution in [-0.4, -0.2) is 31.4 Å². The van der Waals surface area contributed by atoms with Crippen LogP contribution in [-0.2, 0) is 0 Å². The van der Waals surface area contributed by atoms with Gasteiger partial charge in [-0.15, -0.1) is 0 Å². The van der Waals surface area contributed by atoms with E-state index in [1.807, 2.05) is 0 Å². The maximum absolute atomic E-state index is 12.4. The van der Waals surface area contributed by atoms with Gasteiger partial charge in [0.2, 0.25) is 5.88 Å². The van der Waals surface area contributed by atoms with Crippen molar-refractivity contribution >= 4 is 11.6 Å². The fourth-order valence-electron chi connectivity index (χ4n) is 2.98. The molecule has 1 amide bonds. The van der Waals surface area contributed by atoms with Gasteiger partial charge in [0.05, 0.1) is 17.0 Å². The Balaban J connectivity index is 2.08. The van der Waals surface area contributed by atoms with E-state index in [0.717, 1.165) is 4.57 Å². The van der Waals surface area contributed by atoms with Gasteiger partial charge in [-0.1, -0.05) is 37.3 Å². The van der Waals surface area contributed by atoms with Crippen molar-refractivity contribution in [2.24, 2.45) is 5.10 Å². The SMILES string of the molecule is CC/C(=N\NC(=O)c1ccccc1O)c1c(O)n(-c2ccccc2C)c(=O)[nH]c1=O. The van der Waals surface area contributed by atoms with Crippen LogP contribution < -0.4 is 16.7 Å². The number of carbonyl (C=O) groups excluding carboxylic acids is 1. The summed E-state index contributed by atoms with van der Waals surface area (Å²) in [4.78, 5) is 39.3. The molecule has 9 heteroatoms. The summed E-state index contributed by atoms with van der Waals surface area (Å²) in [6.07, 6.45) is 0.170. The Morgan fingerprint density at radius 1 is 1.10 bits per heavy atom. The van der Waals surface area contributed by atoms with Crippen molar-refractivity contribution in [3.05, 3.63) is 86.1 Å². The van der Waals surface area contributed by atoms with Gasteiger partial charge in [0, 0.05) is 0 Å². The van der Waals surface area contributed by atoms with E-state index in [0.29, 0.717) is 11.3 Å². The van der Waals surface area contributed by atoms with Gasteiger partial charge in [-0.25, -0.2) is 14.8 Å². The first-order valence-electron chi connectivity index (χ1n) is 9.14. The fraction of sp³-hybridized carbons (Fsp3) is 0.143. The van der Waals surface area contributed by atoms with Crippen LogP contribution in [0.25, 0.3) is 5.69 Å². The zero-order chi connectivity index (χ0) is 21.8. The number of aromatic amines is 1. The Bertz CT molecular complexity index is 1260. The van der Waals surface area contributed by atoms with E-state index < -0.39 is 23.0 Å². The first-order valence-corrected chi connectivity index (χ1v) is 9.14. The molecular formula is C21H20N4O5. The largest absolute Gasteiger partial charge is 0.507 e. The normalized spacial score (nSPS) is 11.3. The minimum atomic E-state index is -0.834. The number of aromatic hydroxyl groups is 2. The van der Waals surface area contributed by atoms with E-state index >= 15 is 0 Å². The number of benzene rings is 2. The number of phenols is 1. The van der Waals surface area contributed by atoms with Gasteiger partial charge in [0.1, 0.15) is 11.3 Å². The molecular weight excluding hydrogens is 388 g/mol. The standard InChI is InChI=1S/C21H20N4O5/c1-3-14(23-24-18(27)13-9-5-7-11-16(13)26)17-19(28)22-21(30)25(20(17)29)15-10-6-4-8-12(15)2/h4-11,26,29H,3H2,1-2H3,(H,24,27)(H,22,28,30)/b23-14+. The Morgan fingerprint density at radius 3 is 2.43 bits per heavy atom. The maximum Gasteiger partial charge on any atom is 0.335 e. The topological polar surface area (TPSA) is 137 Å². The summed E-state index contributed by atoms with van der Waals surface area (Å²) in [6.45, 7) is 3.43. The molecule has 0 saturated carbocycles. The molecule has 0 aliphatic carbocycles. The van der Waals surface area contributed by atoms with Crippen LogP contribution in [0.15, 0.2) is 63.2 Å². The summed E-state index contributed by atoms with van der Waals surface area (Å²) in [5.41, 5.74) is 1.55. The highest BCUT2D eigenvalue weighted by atomic mass is 16.3. The zero-order valence-electron chi connectivity index (χ0n) is 16.3. The molecule has 0 atom stereocenters. The van der Waals surface area contributed by atoms with Crippen LogP contribution in [0.5, 0.6) is 11.6 Å². The van der Waals surface area contributed by atoms with Gasteiger partial charge in [0.15, 0.2) is 0 Å². The first-order chi connectivity index (χ1) is 14.3. The summed E-state index contributed by atoms with van der Waals surface area (Å²) in [5, 5.41) is 24.5. The van der Waals surface area contributed by atoms with E-state index in [4.69, 9.17) is 0 Å². The minimum absolute atomic E-state index is 0.000264. The summed E-state index contributed by atoms with van der Waals surface area (Å²) in [7, 11) is 0. The van der Waals surface area contributed by atoms with E-state index in [9.17, 15) is 24.6 Å². The number of aryl methyl sites for hydroxylation is 1. The molecule has 0 unspecified atom stereocenters. The molecule has 3 aromatic rings. The number of hydrogen-bond acceptors (Lipinski definition) is 6. The molecule has 0 bridgehead atoms. The van der Waals surface area contributed by atoms with Gasteiger partial charge >= 0.3 is 5.69 Å². The molecule has 9 nitrogen and oxygen atoms in total. The van der Waals surface area contributed by atoms with Crippen molar-refractivity contribution in [2.45, 2.75) is 20.3 Å². The van der Waals surface area contributed by atoms with E-state index in [2.05, 4.69) is 15.5 Å². The highest BCUT2D eigenvalue weighted by molar-refractivity contribution is 6.03. The Morgan fingerprint density at radius 2 is 1.77 bits per heavy atom. The second-order valence-corrected chi connectivity index (χ2v) is 6.45. The Labute approximate surface area is 171 Å². The highest BCUT2D eigenvalue weighted by Crippen LogP contribution is 2.20. The van der Waals surface area contributed by atoms with Gasteiger partial charge < -0.3 is 10.2 Å². The van der Waals surface area contributed by atoms with Crippen molar-refractivity contribution in [3.63, 3.8) is 0 Å². The summed E-state index contributed by atoms with van der Waals surface area (Å²) < 4.78 is 0.974. The smallest absolute Gasteiger partial charge is 0.335 e. The highest BCUT2D eigenvalue weighted by Gasteiger charge is 2.21. The molecule has 0 radical (unpaired) electrons. The number of aromatic nitrogens is 2. The molecule has 30 heavy (non-hydrogen) atoms. The lowest BCUT2D eigenvalue weighted by Gasteiger charge is -2.14. The van der Waals surface area contributed by atoms with Crippen LogP contribution in [0.3, 0.4) is 0 Å². The molecule has 3 rings (SSSR count). The van der Waals surface area contributed by atoms with E-state index in [1.165, 1.54) is 12.1 Å². The lowest BCUT2D eigenvalue weighted by Crippen LogP contribution is -2.34. The Hall–Kier alpha value is -4.14. The number of rotatable bonds is 5. The number of para-hydroxylation sites is 2. The average Bonchev–Trinajstić information content (AvgIpc) is 2.71. The molecule has 154 valence electrons. The molecule has 0 saturated heterocycles. The zero-order valence-corrected chi connectivity index (χ0v) is 16.3. The number of nitrogens with zero attached hydrogens (tertiary/aromatic N) is 2. The van der Waals surface area contributed by atoms with Gasteiger partial charge in [-0.3, -0.25) is 14.6 Å². The van der Waals surface area contributed by atoms with E-state index in [1.54, 1.807) is 50.2 Å². The molecule has 0 spiro atoms. The van der Waals surface area contributed by atoms with Crippen molar-refractivity contribution in [1.82, 2.24) is 15.0 Å². The summed E-state index contributed by atoms with van der Waals surface area (Å²) >= 11 is 0. The minimum Gasteiger partial charge on any atom is -0.507 e. The van der Waals surface area contributed by atoms with Crippen molar-refractivity contribution in [2.75, 3.05) is 0 Å². The first kappa shape index (κ1) is 20.6. The number of nitrogens with one attached hydrogen (secondary N) is 2. The van der Waals surface area contributed by atoms with Crippen molar-refractivity contribution in [1.29, 1.82) is 0 Å². The second-order valence-electron chi connectivity index (χ2n) is 6.45. The number of phenolic OH excluding ortho intramolecular Hbond substituents is 1. The van der Waals surface area contributed by atoms with Crippen LogP contribution in [0.2, 0.25) is 0 Å². The third-order valence-corrected chi connectivity index (χ3v) is 4.51. The lowest BCUT2D eigenvalue weighted by atomic mass is 10.1. The van der Waals surface area contributed by atoms with Crippen LogP contribution in [0.1, 0.15) is 34.8 Å². The summed E-state index contributed by atoms with van der Waals surface area (Å²) in [5.74, 6) is -1.50. The third-order valence-electron chi connectivity index (χ3n) is 4.51. The fourth-order valence-corrected chi connectivity index (χ4v) is 2.98. The van der Waals surface area contributed by atoms with Crippen LogP contribution >= 0.6 is 0 Å². The molecule has 2 aromatic carbocycles. The average molecular weight is 408 g/mol. The van der Waals surface area contributed by atoms with Crippen molar-refractivity contribution in [3.8, 4) is 17.3 Å². The number of hydrogen-bond donors (Lipinski definition) is 4. The molecule has 0 fully saturated rings. The number of carbonyl (C=O) groups is 1. The molecule has 1 heterocycles. The van der Waals surface area contributed by atoms with Gasteiger partial charge in [-0.05, 0) is 37.1 Å². The van der Waals surface area contributed by atoms with Gasteiger partial charge in [0.25, 0.3) is 11.5 Å². The monoisotopic (exact) mass is 408 g/mol. The van der Waals surface area contributed by atoms with Gasteiger partial charge in [-0.2, -0.15) is 5.10 Å². The molecule has 1 aromatic heterocycles. The molecule has 0 aliphatic rings. The van der Waals surface area contributed by atoms with Crippen LogP contribution in [0, 0.1) is 6.92 Å². The number of amides is 1. The third kappa shape index (κ3) is 3.86. The molecule has 4 N–H and O–H groups in total. The molecule has 0 aliphatic heterocycles. The Kier molecular flexibility index (Phi) is 5.82. The quantitative estimate of drug-likeness (QED) is 0.377. The predicted octanol–water partition coefficient (Wildman–Crippen LogP) is 1.79. The lowest BCUT2D eigenvalue weighted by molar-refractivity contribution is 0.0952. The number of H-pyrrole nitrogens is 1. The van der Waals surface area contributed by atoms with Crippen molar-refractivity contribution < 1.29 is 15.0 Å². The predicted molar refractivity (Wildman–Crippen MR) is 111 cm³/mol. The second kappa shape index (κ2) is 8.48. The van der Waals surface area contributed by atoms with Crippen LogP contribution in [0.4, 0.5) is 0 Å². The summed E-state index contributed by atoms with van der Waals surface area (Å²) in [6, 6.07) is 12.8.